The molecule has 2 aromatic carbocycles. The predicted molar refractivity (Wildman–Crippen MR) is 126 cm³/mol. The lowest BCUT2D eigenvalue weighted by Crippen LogP contribution is -2.31. The Hall–Kier alpha value is -3.33. The standard InChI is InChI=1S/C23H27N5O3S/c1-17-16-22(26-23(24-17)28-14-4-3-5-15-28)25-18-6-8-19(9-7-18)27-32(29,30)21-12-10-20(31-2)11-13-21/h6-13,16,27H,3-5,14-15H2,1-2H3,(H,24,25,26). The molecular formula is C23H27N5O3S. The summed E-state index contributed by atoms with van der Waals surface area (Å²) in [4.78, 5) is 11.6. The van der Waals surface area contributed by atoms with Crippen LogP contribution in [0.5, 0.6) is 5.75 Å². The van der Waals surface area contributed by atoms with E-state index < -0.39 is 10.0 Å². The first-order valence-corrected chi connectivity index (χ1v) is 12.1. The van der Waals surface area contributed by atoms with E-state index in [1.165, 1.54) is 25.7 Å². The molecule has 1 aliphatic heterocycles. The highest BCUT2D eigenvalue weighted by atomic mass is 32.2. The van der Waals surface area contributed by atoms with E-state index in [2.05, 4.69) is 24.9 Å². The lowest BCUT2D eigenvalue weighted by molar-refractivity contribution is 0.414. The molecule has 2 N–H and O–H groups in total. The van der Waals surface area contributed by atoms with Crippen LogP contribution in [-0.2, 0) is 10.0 Å². The molecule has 8 nitrogen and oxygen atoms in total. The average molecular weight is 454 g/mol. The number of rotatable bonds is 7. The van der Waals surface area contributed by atoms with Gasteiger partial charge < -0.3 is 15.0 Å². The third-order valence-corrected chi connectivity index (χ3v) is 6.66. The molecule has 0 radical (unpaired) electrons. The smallest absolute Gasteiger partial charge is 0.261 e. The number of aryl methyl sites for hydroxylation is 1. The zero-order valence-corrected chi connectivity index (χ0v) is 19.0. The Labute approximate surface area is 188 Å². The fourth-order valence-corrected chi connectivity index (χ4v) is 4.65. The minimum absolute atomic E-state index is 0.169. The van der Waals surface area contributed by atoms with Crippen LogP contribution in [0.3, 0.4) is 0 Å². The Morgan fingerprint density at radius 2 is 1.56 bits per heavy atom. The number of nitrogens with zero attached hydrogens (tertiary/aromatic N) is 3. The summed E-state index contributed by atoms with van der Waals surface area (Å²) in [6.45, 7) is 3.91. The van der Waals surface area contributed by atoms with Crippen LogP contribution in [-0.4, -0.2) is 38.6 Å². The van der Waals surface area contributed by atoms with E-state index in [0.29, 0.717) is 17.3 Å². The van der Waals surface area contributed by atoms with Crippen molar-refractivity contribution in [3.8, 4) is 5.75 Å². The van der Waals surface area contributed by atoms with Crippen LogP contribution in [0, 0.1) is 6.92 Å². The van der Waals surface area contributed by atoms with Crippen molar-refractivity contribution >= 4 is 33.2 Å². The summed E-state index contributed by atoms with van der Waals surface area (Å²) in [6.07, 6.45) is 3.57. The molecule has 32 heavy (non-hydrogen) atoms. The fraction of sp³-hybridized carbons (Fsp3) is 0.304. The van der Waals surface area contributed by atoms with E-state index in [1.54, 1.807) is 24.3 Å². The van der Waals surface area contributed by atoms with Crippen LogP contribution in [0.4, 0.5) is 23.1 Å². The van der Waals surface area contributed by atoms with Gasteiger partial charge in [0.15, 0.2) is 0 Å². The van der Waals surface area contributed by atoms with Crippen molar-refractivity contribution < 1.29 is 13.2 Å². The zero-order valence-electron chi connectivity index (χ0n) is 18.2. The Bertz CT molecular complexity index is 1160. The van der Waals surface area contributed by atoms with E-state index >= 15 is 0 Å². The molecule has 0 spiro atoms. The molecule has 0 atom stereocenters. The molecule has 4 rings (SSSR count). The van der Waals surface area contributed by atoms with E-state index in [0.717, 1.165) is 43.3 Å². The molecule has 0 amide bonds. The summed E-state index contributed by atoms with van der Waals surface area (Å²) in [7, 11) is -2.15. The van der Waals surface area contributed by atoms with Crippen molar-refractivity contribution in [2.75, 3.05) is 35.1 Å². The molecule has 0 bridgehead atoms. The quantitative estimate of drug-likeness (QED) is 0.550. The van der Waals surface area contributed by atoms with Gasteiger partial charge in [0.1, 0.15) is 11.6 Å². The molecule has 2 heterocycles. The van der Waals surface area contributed by atoms with Gasteiger partial charge in [0.25, 0.3) is 10.0 Å². The van der Waals surface area contributed by atoms with Gasteiger partial charge in [-0.2, -0.15) is 4.98 Å². The van der Waals surface area contributed by atoms with Gasteiger partial charge in [-0.1, -0.05) is 0 Å². The van der Waals surface area contributed by atoms with Crippen molar-refractivity contribution in [2.45, 2.75) is 31.1 Å². The maximum Gasteiger partial charge on any atom is 0.261 e. The minimum Gasteiger partial charge on any atom is -0.497 e. The van der Waals surface area contributed by atoms with Gasteiger partial charge in [0, 0.05) is 36.2 Å². The molecule has 0 aliphatic carbocycles. The van der Waals surface area contributed by atoms with E-state index in [4.69, 9.17) is 4.74 Å². The number of piperidine rings is 1. The number of hydrogen-bond acceptors (Lipinski definition) is 7. The maximum absolute atomic E-state index is 12.6. The first-order valence-electron chi connectivity index (χ1n) is 10.6. The molecule has 1 fully saturated rings. The van der Waals surface area contributed by atoms with Gasteiger partial charge in [0.05, 0.1) is 12.0 Å². The van der Waals surface area contributed by atoms with Crippen molar-refractivity contribution in [1.82, 2.24) is 9.97 Å². The second-order valence-corrected chi connectivity index (χ2v) is 9.41. The van der Waals surface area contributed by atoms with E-state index in [1.807, 2.05) is 25.1 Å². The highest BCUT2D eigenvalue weighted by Crippen LogP contribution is 2.24. The van der Waals surface area contributed by atoms with Crippen molar-refractivity contribution in [2.24, 2.45) is 0 Å². The number of methoxy groups -OCH3 is 1. The molecule has 9 heteroatoms. The van der Waals surface area contributed by atoms with Crippen LogP contribution in [0.25, 0.3) is 0 Å². The van der Waals surface area contributed by atoms with Crippen molar-refractivity contribution in [3.05, 3.63) is 60.3 Å². The van der Waals surface area contributed by atoms with Crippen LogP contribution in [0.2, 0.25) is 0 Å². The summed E-state index contributed by atoms with van der Waals surface area (Å²) < 4.78 is 32.9. The number of nitrogens with one attached hydrogen (secondary N) is 2. The second-order valence-electron chi connectivity index (χ2n) is 7.73. The molecule has 3 aromatic rings. The van der Waals surface area contributed by atoms with E-state index in [-0.39, 0.29) is 4.90 Å². The highest BCUT2D eigenvalue weighted by Gasteiger charge is 2.16. The normalized spacial score (nSPS) is 14.1. The number of ether oxygens (including phenoxy) is 1. The number of aromatic nitrogens is 2. The first kappa shape index (κ1) is 21.9. The molecular weight excluding hydrogens is 426 g/mol. The Morgan fingerprint density at radius 3 is 2.22 bits per heavy atom. The molecule has 0 saturated carbocycles. The number of sulfonamides is 1. The molecule has 0 unspecified atom stereocenters. The van der Waals surface area contributed by atoms with Crippen molar-refractivity contribution in [3.63, 3.8) is 0 Å². The van der Waals surface area contributed by atoms with E-state index in [9.17, 15) is 8.42 Å². The fourth-order valence-electron chi connectivity index (χ4n) is 3.59. The lowest BCUT2D eigenvalue weighted by Gasteiger charge is -2.27. The predicted octanol–water partition coefficient (Wildman–Crippen LogP) is 4.33. The van der Waals surface area contributed by atoms with Crippen LogP contribution >= 0.6 is 0 Å². The monoisotopic (exact) mass is 453 g/mol. The summed E-state index contributed by atoms with van der Waals surface area (Å²) >= 11 is 0. The average Bonchev–Trinajstić information content (AvgIpc) is 2.80. The summed E-state index contributed by atoms with van der Waals surface area (Å²) in [5.74, 6) is 2.06. The first-order chi connectivity index (χ1) is 15.4. The molecule has 1 aromatic heterocycles. The van der Waals surface area contributed by atoms with Crippen LogP contribution < -0.4 is 19.7 Å². The van der Waals surface area contributed by atoms with Crippen LogP contribution in [0.1, 0.15) is 25.0 Å². The van der Waals surface area contributed by atoms with Gasteiger partial charge in [0.2, 0.25) is 5.95 Å². The highest BCUT2D eigenvalue weighted by molar-refractivity contribution is 7.92. The Kier molecular flexibility index (Phi) is 6.45. The number of anilines is 4. The largest absolute Gasteiger partial charge is 0.497 e. The van der Waals surface area contributed by atoms with Gasteiger partial charge in [-0.05, 0) is 74.7 Å². The molecule has 1 aliphatic rings. The zero-order chi connectivity index (χ0) is 22.6. The number of benzene rings is 2. The summed E-state index contributed by atoms with van der Waals surface area (Å²) in [5, 5.41) is 3.29. The topological polar surface area (TPSA) is 96.5 Å². The third kappa shape index (κ3) is 5.28. The third-order valence-electron chi connectivity index (χ3n) is 5.26. The Balaban J connectivity index is 1.45. The summed E-state index contributed by atoms with van der Waals surface area (Å²) in [5.41, 5.74) is 2.17. The lowest BCUT2D eigenvalue weighted by atomic mass is 10.1. The van der Waals surface area contributed by atoms with Gasteiger partial charge in [-0.25, -0.2) is 13.4 Å². The van der Waals surface area contributed by atoms with Crippen molar-refractivity contribution in [1.29, 1.82) is 0 Å². The Morgan fingerprint density at radius 1 is 0.906 bits per heavy atom. The molecule has 168 valence electrons. The van der Waals surface area contributed by atoms with Gasteiger partial charge in [-0.3, -0.25) is 4.72 Å². The number of hydrogen-bond donors (Lipinski definition) is 2. The van der Waals surface area contributed by atoms with Crippen LogP contribution in [0.15, 0.2) is 59.5 Å². The molecule has 1 saturated heterocycles. The maximum atomic E-state index is 12.6. The SMILES string of the molecule is COc1ccc(S(=O)(=O)Nc2ccc(Nc3cc(C)nc(N4CCCCC4)n3)cc2)cc1. The van der Waals surface area contributed by atoms with Gasteiger partial charge in [-0.15, -0.1) is 0 Å². The second kappa shape index (κ2) is 9.44. The minimum atomic E-state index is -3.69. The summed E-state index contributed by atoms with van der Waals surface area (Å²) in [6, 6.07) is 15.2. The van der Waals surface area contributed by atoms with Gasteiger partial charge >= 0.3 is 0 Å².